The molecule has 5 heteroatoms. The Morgan fingerprint density at radius 1 is 1.47 bits per heavy atom. The summed E-state index contributed by atoms with van der Waals surface area (Å²) in [6.45, 7) is 4.00. The number of hydrogen-bond donors (Lipinski definition) is 1. The molecule has 1 N–H and O–H groups in total. The van der Waals surface area contributed by atoms with Gasteiger partial charge in [0.2, 0.25) is 0 Å². The Morgan fingerprint density at radius 2 is 2.13 bits per heavy atom. The van der Waals surface area contributed by atoms with Gasteiger partial charge in [-0.2, -0.15) is 0 Å². The highest BCUT2D eigenvalue weighted by Gasteiger charge is 2.09. The van der Waals surface area contributed by atoms with Gasteiger partial charge in [0.1, 0.15) is 5.69 Å². The molecular formula is C10H11ClN2O2. The number of fused-ring (bicyclic) bond motifs is 1. The van der Waals surface area contributed by atoms with Crippen LogP contribution in [0.5, 0.6) is 0 Å². The van der Waals surface area contributed by atoms with Gasteiger partial charge in [-0.1, -0.05) is 25.4 Å². The smallest absolute Gasteiger partial charge is 0.352 e. The summed E-state index contributed by atoms with van der Waals surface area (Å²) in [7, 11) is 0. The predicted molar refractivity (Wildman–Crippen MR) is 58.5 cm³/mol. The summed E-state index contributed by atoms with van der Waals surface area (Å²) in [4.78, 5) is 14.6. The number of carbonyl (C=O) groups is 1. The number of imidazole rings is 1. The molecule has 0 atom stereocenters. The Hall–Kier alpha value is -1.55. The number of halogens is 1. The summed E-state index contributed by atoms with van der Waals surface area (Å²) in [5.41, 5.74) is 0.749. The molecule has 0 unspecified atom stereocenters. The van der Waals surface area contributed by atoms with Gasteiger partial charge in [0, 0.05) is 0 Å². The molecule has 0 aliphatic heterocycles. The van der Waals surface area contributed by atoms with E-state index in [4.69, 9.17) is 16.7 Å². The van der Waals surface area contributed by atoms with Gasteiger partial charge in [-0.25, -0.2) is 9.78 Å². The van der Waals surface area contributed by atoms with Gasteiger partial charge in [0.25, 0.3) is 0 Å². The third-order valence-electron chi connectivity index (χ3n) is 1.75. The number of aromatic nitrogens is 2. The maximum absolute atomic E-state index is 10.7. The van der Waals surface area contributed by atoms with E-state index in [1.165, 1.54) is 23.0 Å². The van der Waals surface area contributed by atoms with Crippen LogP contribution in [0, 0.1) is 0 Å². The monoisotopic (exact) mass is 226 g/mol. The highest BCUT2D eigenvalue weighted by Crippen LogP contribution is 2.18. The van der Waals surface area contributed by atoms with E-state index in [-0.39, 0.29) is 5.69 Å². The molecule has 4 nitrogen and oxygen atoms in total. The summed E-state index contributed by atoms with van der Waals surface area (Å²) >= 11 is 5.82. The van der Waals surface area contributed by atoms with Crippen molar-refractivity contribution in [2.45, 2.75) is 13.8 Å². The Balaban J connectivity index is 0.000000531. The van der Waals surface area contributed by atoms with E-state index in [0.29, 0.717) is 10.5 Å². The zero-order chi connectivity index (χ0) is 11.4. The lowest BCUT2D eigenvalue weighted by molar-refractivity contribution is 0.0689. The molecule has 0 aliphatic rings. The third kappa shape index (κ3) is 2.10. The molecule has 0 saturated heterocycles. The SMILES string of the molecule is CC.O=C(O)c1ccc(Cl)c2cncn12. The Morgan fingerprint density at radius 3 is 2.73 bits per heavy atom. The molecule has 2 aromatic heterocycles. The number of hydrogen-bond acceptors (Lipinski definition) is 2. The van der Waals surface area contributed by atoms with Crippen LogP contribution in [0.2, 0.25) is 5.02 Å². The Kier molecular flexibility index (Phi) is 3.68. The molecule has 2 rings (SSSR count). The van der Waals surface area contributed by atoms with E-state index in [1.54, 1.807) is 6.07 Å². The first kappa shape index (κ1) is 11.5. The van der Waals surface area contributed by atoms with Crippen LogP contribution in [0.3, 0.4) is 0 Å². The number of carboxylic acids is 1. The van der Waals surface area contributed by atoms with Crippen molar-refractivity contribution >= 4 is 23.1 Å². The highest BCUT2D eigenvalue weighted by atomic mass is 35.5. The quantitative estimate of drug-likeness (QED) is 0.814. The first-order chi connectivity index (χ1) is 7.20. The average Bonchev–Trinajstić information content (AvgIpc) is 2.70. The van der Waals surface area contributed by atoms with Crippen molar-refractivity contribution in [3.05, 3.63) is 35.4 Å². The molecular weight excluding hydrogens is 216 g/mol. The van der Waals surface area contributed by atoms with Crippen molar-refractivity contribution in [3.8, 4) is 0 Å². The van der Waals surface area contributed by atoms with Gasteiger partial charge < -0.3 is 5.11 Å². The summed E-state index contributed by atoms with van der Waals surface area (Å²) < 4.78 is 1.44. The zero-order valence-corrected chi connectivity index (χ0v) is 9.19. The lowest BCUT2D eigenvalue weighted by atomic mass is 10.3. The maximum atomic E-state index is 10.7. The second-order valence-electron chi connectivity index (χ2n) is 2.52. The van der Waals surface area contributed by atoms with Crippen LogP contribution in [0.15, 0.2) is 24.7 Å². The first-order valence-corrected chi connectivity index (χ1v) is 4.92. The maximum Gasteiger partial charge on any atom is 0.352 e. The molecule has 0 amide bonds. The van der Waals surface area contributed by atoms with Gasteiger partial charge in [0.15, 0.2) is 0 Å². The minimum Gasteiger partial charge on any atom is -0.477 e. The largest absolute Gasteiger partial charge is 0.477 e. The van der Waals surface area contributed by atoms with Crippen molar-refractivity contribution in [3.63, 3.8) is 0 Å². The van der Waals surface area contributed by atoms with Crippen LogP contribution in [-0.4, -0.2) is 20.5 Å². The third-order valence-corrected chi connectivity index (χ3v) is 2.07. The van der Waals surface area contributed by atoms with E-state index in [9.17, 15) is 4.79 Å². The molecule has 2 heterocycles. The second kappa shape index (κ2) is 4.79. The first-order valence-electron chi connectivity index (χ1n) is 4.54. The van der Waals surface area contributed by atoms with Crippen LogP contribution in [-0.2, 0) is 0 Å². The molecule has 15 heavy (non-hydrogen) atoms. The van der Waals surface area contributed by atoms with E-state index >= 15 is 0 Å². The average molecular weight is 227 g/mol. The van der Waals surface area contributed by atoms with Gasteiger partial charge in [-0.3, -0.25) is 4.40 Å². The number of nitrogens with zero attached hydrogens (tertiary/aromatic N) is 2. The Labute approximate surface area is 92.1 Å². The normalized spacial score (nSPS) is 9.53. The van der Waals surface area contributed by atoms with Crippen LogP contribution in [0.1, 0.15) is 24.3 Å². The molecule has 0 saturated carbocycles. The van der Waals surface area contributed by atoms with Crippen molar-refractivity contribution in [2.24, 2.45) is 0 Å². The molecule has 2 aromatic rings. The van der Waals surface area contributed by atoms with Gasteiger partial charge in [0.05, 0.1) is 23.1 Å². The van der Waals surface area contributed by atoms with Crippen LogP contribution >= 0.6 is 11.6 Å². The van der Waals surface area contributed by atoms with E-state index in [0.717, 1.165) is 0 Å². The number of pyridine rings is 1. The number of carboxylic acid groups (broad SMARTS) is 1. The molecule has 80 valence electrons. The summed E-state index contributed by atoms with van der Waals surface area (Å²) in [6, 6.07) is 2.99. The summed E-state index contributed by atoms with van der Waals surface area (Å²) in [5.74, 6) is -1.00. The molecule has 0 fully saturated rings. The Bertz CT molecular complexity index is 479. The van der Waals surface area contributed by atoms with Gasteiger partial charge in [-0.15, -0.1) is 0 Å². The lowest BCUT2D eigenvalue weighted by Crippen LogP contribution is -2.03. The van der Waals surface area contributed by atoms with Crippen LogP contribution in [0.4, 0.5) is 0 Å². The fraction of sp³-hybridized carbons (Fsp3) is 0.200. The van der Waals surface area contributed by atoms with Crippen LogP contribution < -0.4 is 0 Å². The van der Waals surface area contributed by atoms with Crippen LogP contribution in [0.25, 0.3) is 5.52 Å². The van der Waals surface area contributed by atoms with E-state index in [1.807, 2.05) is 13.8 Å². The van der Waals surface area contributed by atoms with Gasteiger partial charge in [-0.05, 0) is 12.1 Å². The van der Waals surface area contributed by atoms with Crippen molar-refractivity contribution < 1.29 is 9.90 Å². The molecule has 0 spiro atoms. The topological polar surface area (TPSA) is 54.6 Å². The zero-order valence-electron chi connectivity index (χ0n) is 8.44. The fourth-order valence-electron chi connectivity index (χ4n) is 1.16. The van der Waals surface area contributed by atoms with Gasteiger partial charge >= 0.3 is 5.97 Å². The predicted octanol–water partition coefficient (Wildman–Crippen LogP) is 2.71. The fourth-order valence-corrected chi connectivity index (χ4v) is 1.36. The van der Waals surface area contributed by atoms with Crippen molar-refractivity contribution in [1.82, 2.24) is 9.38 Å². The molecule has 0 aromatic carbocycles. The van der Waals surface area contributed by atoms with E-state index in [2.05, 4.69) is 4.98 Å². The standard InChI is InChI=1S/C8H5ClN2O2.C2H6/c9-5-1-2-6(8(12)13)11-4-10-3-7(5)11;1-2/h1-4H,(H,12,13);1-2H3. The summed E-state index contributed by atoms with van der Waals surface area (Å²) in [5, 5.41) is 9.29. The minimum atomic E-state index is -1.00. The van der Waals surface area contributed by atoms with Crippen molar-refractivity contribution in [1.29, 1.82) is 0 Å². The van der Waals surface area contributed by atoms with E-state index < -0.39 is 5.97 Å². The molecule has 0 aliphatic carbocycles. The molecule has 0 radical (unpaired) electrons. The minimum absolute atomic E-state index is 0.150. The highest BCUT2D eigenvalue weighted by molar-refractivity contribution is 6.33. The number of rotatable bonds is 1. The van der Waals surface area contributed by atoms with Crippen molar-refractivity contribution in [2.75, 3.05) is 0 Å². The summed E-state index contributed by atoms with van der Waals surface area (Å²) in [6.07, 6.45) is 2.94. The second-order valence-corrected chi connectivity index (χ2v) is 2.93. The molecule has 0 bridgehead atoms. The lowest BCUT2D eigenvalue weighted by Gasteiger charge is -2.00. The number of aromatic carboxylic acids is 1.